The first kappa shape index (κ1) is 21.1. The lowest BCUT2D eigenvalue weighted by Gasteiger charge is -2.15. The van der Waals surface area contributed by atoms with Crippen LogP contribution in [0.15, 0.2) is 88.6 Å². The van der Waals surface area contributed by atoms with Gasteiger partial charge in [0, 0.05) is 17.5 Å². The number of aromatic nitrogens is 2. The van der Waals surface area contributed by atoms with Crippen molar-refractivity contribution in [3.8, 4) is 16.8 Å². The second-order valence-corrected chi connectivity index (χ2v) is 9.03. The van der Waals surface area contributed by atoms with Crippen molar-refractivity contribution in [1.29, 1.82) is 0 Å². The van der Waals surface area contributed by atoms with Gasteiger partial charge in [-0.05, 0) is 24.6 Å². The van der Waals surface area contributed by atoms with Gasteiger partial charge in [-0.15, -0.1) is 17.9 Å². The molecule has 1 atom stereocenters. The number of fused-ring (bicyclic) bond motifs is 1. The van der Waals surface area contributed by atoms with Gasteiger partial charge < -0.3 is 5.32 Å². The van der Waals surface area contributed by atoms with E-state index >= 15 is 0 Å². The first-order valence-electron chi connectivity index (χ1n) is 9.80. The quantitative estimate of drug-likeness (QED) is 0.249. The smallest absolute Gasteiger partial charge is 0.268 e. The summed E-state index contributed by atoms with van der Waals surface area (Å²) in [5.41, 5.74) is 2.42. The summed E-state index contributed by atoms with van der Waals surface area (Å²) < 4.78 is 1.60. The molecule has 4 rings (SSSR count). The van der Waals surface area contributed by atoms with E-state index in [0.29, 0.717) is 27.6 Å². The summed E-state index contributed by atoms with van der Waals surface area (Å²) >= 11 is 2.71. The van der Waals surface area contributed by atoms with Crippen molar-refractivity contribution in [2.75, 3.05) is 6.54 Å². The monoisotopic (exact) mass is 447 g/mol. The number of rotatable bonds is 7. The second kappa shape index (κ2) is 9.32. The van der Waals surface area contributed by atoms with Crippen molar-refractivity contribution in [2.24, 2.45) is 0 Å². The highest BCUT2D eigenvalue weighted by atomic mass is 32.2. The topological polar surface area (TPSA) is 64.0 Å². The Morgan fingerprint density at radius 1 is 1.19 bits per heavy atom. The lowest BCUT2D eigenvalue weighted by Crippen LogP contribution is -2.31. The Labute approximate surface area is 188 Å². The van der Waals surface area contributed by atoms with Crippen molar-refractivity contribution in [2.45, 2.75) is 17.3 Å². The Kier molecular flexibility index (Phi) is 6.34. The molecule has 5 nitrogen and oxygen atoms in total. The molecule has 0 fully saturated rings. The highest BCUT2D eigenvalue weighted by Gasteiger charge is 2.22. The third-order valence-corrected chi connectivity index (χ3v) is 6.67. The summed E-state index contributed by atoms with van der Waals surface area (Å²) in [7, 11) is 0. The minimum absolute atomic E-state index is 0.130. The van der Waals surface area contributed by atoms with Gasteiger partial charge in [-0.25, -0.2) is 4.98 Å². The normalized spacial score (nSPS) is 11.9. The van der Waals surface area contributed by atoms with Crippen LogP contribution >= 0.6 is 23.1 Å². The number of hydrogen-bond acceptors (Lipinski definition) is 5. The summed E-state index contributed by atoms with van der Waals surface area (Å²) in [6.45, 7) is 5.82. The van der Waals surface area contributed by atoms with Gasteiger partial charge in [-0.2, -0.15) is 0 Å². The van der Waals surface area contributed by atoms with E-state index in [1.54, 1.807) is 17.6 Å². The Bertz CT molecular complexity index is 1280. The fourth-order valence-electron chi connectivity index (χ4n) is 3.21. The second-order valence-electron chi connectivity index (χ2n) is 6.86. The fourth-order valence-corrected chi connectivity index (χ4v) is 5.15. The van der Waals surface area contributed by atoms with Crippen LogP contribution in [0.1, 0.15) is 6.92 Å². The molecule has 0 saturated heterocycles. The van der Waals surface area contributed by atoms with E-state index in [-0.39, 0.29) is 11.5 Å². The summed E-state index contributed by atoms with van der Waals surface area (Å²) in [6, 6.07) is 19.2. The molecule has 0 saturated carbocycles. The van der Waals surface area contributed by atoms with Crippen LogP contribution in [-0.2, 0) is 4.79 Å². The van der Waals surface area contributed by atoms with Gasteiger partial charge in [0.15, 0.2) is 5.16 Å². The average molecular weight is 448 g/mol. The third kappa shape index (κ3) is 4.33. The van der Waals surface area contributed by atoms with Crippen molar-refractivity contribution in [3.05, 3.63) is 89.1 Å². The number of thiophene rings is 1. The van der Waals surface area contributed by atoms with E-state index < -0.39 is 5.25 Å². The Morgan fingerprint density at radius 2 is 1.87 bits per heavy atom. The molecule has 1 unspecified atom stereocenters. The van der Waals surface area contributed by atoms with Gasteiger partial charge in [-0.1, -0.05) is 66.4 Å². The minimum Gasteiger partial charge on any atom is -0.352 e. The predicted octanol–water partition coefficient (Wildman–Crippen LogP) is 4.90. The SMILES string of the molecule is C=CCNC(=O)C(C)Sc1nc2scc(-c3ccccc3)c2c(=O)n1-c1ccccc1. The number of para-hydroxylation sites is 1. The maximum Gasteiger partial charge on any atom is 0.268 e. The fraction of sp³-hybridized carbons (Fsp3) is 0.125. The summed E-state index contributed by atoms with van der Waals surface area (Å²) in [5, 5.41) is 5.43. The molecule has 1 N–H and O–H groups in total. The largest absolute Gasteiger partial charge is 0.352 e. The predicted molar refractivity (Wildman–Crippen MR) is 129 cm³/mol. The van der Waals surface area contributed by atoms with Crippen LogP contribution in [0.25, 0.3) is 27.0 Å². The first-order valence-corrected chi connectivity index (χ1v) is 11.6. The molecule has 0 spiro atoms. The lowest BCUT2D eigenvalue weighted by atomic mass is 10.1. The van der Waals surface area contributed by atoms with E-state index in [1.807, 2.05) is 66.0 Å². The van der Waals surface area contributed by atoms with E-state index in [0.717, 1.165) is 11.1 Å². The van der Waals surface area contributed by atoms with E-state index in [2.05, 4.69) is 11.9 Å². The molecule has 0 aliphatic rings. The van der Waals surface area contributed by atoms with Crippen LogP contribution in [0.3, 0.4) is 0 Å². The molecule has 0 aliphatic heterocycles. The minimum atomic E-state index is -0.423. The van der Waals surface area contributed by atoms with Gasteiger partial charge in [0.05, 0.1) is 16.3 Å². The zero-order valence-electron chi connectivity index (χ0n) is 16.9. The van der Waals surface area contributed by atoms with Crippen LogP contribution in [0.4, 0.5) is 0 Å². The van der Waals surface area contributed by atoms with Gasteiger partial charge in [0.2, 0.25) is 5.91 Å². The molecule has 0 bridgehead atoms. The third-order valence-electron chi connectivity index (χ3n) is 4.75. The number of benzene rings is 2. The molecule has 156 valence electrons. The zero-order chi connectivity index (χ0) is 21.8. The van der Waals surface area contributed by atoms with Gasteiger partial charge in [0.25, 0.3) is 5.56 Å². The molecule has 0 aliphatic carbocycles. The van der Waals surface area contributed by atoms with Crippen molar-refractivity contribution >= 4 is 39.2 Å². The Hall–Kier alpha value is -3.16. The Balaban J connectivity index is 1.87. The summed E-state index contributed by atoms with van der Waals surface area (Å²) in [5.74, 6) is -0.130. The van der Waals surface area contributed by atoms with E-state index in [9.17, 15) is 9.59 Å². The van der Waals surface area contributed by atoms with Crippen LogP contribution < -0.4 is 10.9 Å². The number of carbonyl (C=O) groups is 1. The molecule has 2 aromatic carbocycles. The molecule has 31 heavy (non-hydrogen) atoms. The number of nitrogens with zero attached hydrogens (tertiary/aromatic N) is 2. The molecule has 2 aromatic heterocycles. The number of nitrogens with one attached hydrogen (secondary N) is 1. The highest BCUT2D eigenvalue weighted by Crippen LogP contribution is 2.33. The van der Waals surface area contributed by atoms with Crippen molar-refractivity contribution in [3.63, 3.8) is 0 Å². The van der Waals surface area contributed by atoms with Crippen LogP contribution in [-0.4, -0.2) is 27.3 Å². The number of thioether (sulfide) groups is 1. The number of carbonyl (C=O) groups excluding carboxylic acids is 1. The average Bonchev–Trinajstić information content (AvgIpc) is 3.23. The lowest BCUT2D eigenvalue weighted by molar-refractivity contribution is -0.120. The van der Waals surface area contributed by atoms with Gasteiger partial charge >= 0.3 is 0 Å². The van der Waals surface area contributed by atoms with Crippen LogP contribution in [0.5, 0.6) is 0 Å². The van der Waals surface area contributed by atoms with E-state index in [1.165, 1.54) is 23.1 Å². The van der Waals surface area contributed by atoms with Crippen molar-refractivity contribution < 1.29 is 4.79 Å². The number of hydrogen-bond donors (Lipinski definition) is 1. The molecule has 7 heteroatoms. The van der Waals surface area contributed by atoms with Crippen LogP contribution in [0, 0.1) is 0 Å². The number of amides is 1. The molecular weight excluding hydrogens is 426 g/mol. The molecule has 2 heterocycles. The molecule has 1 amide bonds. The van der Waals surface area contributed by atoms with Gasteiger partial charge in [0.1, 0.15) is 4.83 Å². The van der Waals surface area contributed by atoms with E-state index in [4.69, 9.17) is 4.98 Å². The van der Waals surface area contributed by atoms with Gasteiger partial charge in [-0.3, -0.25) is 14.2 Å². The highest BCUT2D eigenvalue weighted by molar-refractivity contribution is 8.00. The first-order chi connectivity index (χ1) is 15.1. The van der Waals surface area contributed by atoms with Crippen molar-refractivity contribution in [1.82, 2.24) is 14.9 Å². The Morgan fingerprint density at radius 3 is 2.55 bits per heavy atom. The maximum absolute atomic E-state index is 13.7. The van der Waals surface area contributed by atoms with Crippen LogP contribution in [0.2, 0.25) is 0 Å². The summed E-state index contributed by atoms with van der Waals surface area (Å²) in [4.78, 5) is 31.6. The standard InChI is InChI=1S/C24H21N3O2S2/c1-3-14-25-21(28)16(2)31-24-26-22-20(19(15-30-22)17-10-6-4-7-11-17)23(29)27(24)18-12-8-5-9-13-18/h3-13,15-16H,1,14H2,2H3,(H,25,28). The molecule has 0 radical (unpaired) electrons. The molecule has 4 aromatic rings. The molecular formula is C24H21N3O2S2. The zero-order valence-corrected chi connectivity index (χ0v) is 18.6. The summed E-state index contributed by atoms with van der Waals surface area (Å²) in [6.07, 6.45) is 1.64. The maximum atomic E-state index is 13.7.